The summed E-state index contributed by atoms with van der Waals surface area (Å²) < 4.78 is 0. The normalized spacial score (nSPS) is 13.1. The average molecular weight is 1080 g/mol. The maximum atomic E-state index is 14.2. The summed E-state index contributed by atoms with van der Waals surface area (Å²) in [6.45, 7) is -20.1. The van der Waals surface area contributed by atoms with Crippen LogP contribution in [-0.2, 0) is 28.8 Å². The first-order valence-corrected chi connectivity index (χ1v) is 24.0. The zero-order valence-corrected chi connectivity index (χ0v) is 41.7. The van der Waals surface area contributed by atoms with Crippen LogP contribution in [0.2, 0.25) is 0 Å². The molecule has 30 nitrogen and oxygen atoms in total. The van der Waals surface area contributed by atoms with Gasteiger partial charge in [-0.25, -0.2) is 0 Å². The van der Waals surface area contributed by atoms with Gasteiger partial charge in [0.25, 0.3) is 0 Å². The monoisotopic (exact) mass is 1080 g/mol. The lowest BCUT2D eigenvalue weighted by molar-refractivity contribution is -0.160. The summed E-state index contributed by atoms with van der Waals surface area (Å²) in [6, 6.07) is 0. The smallest absolute Gasteiger partial charge is 0.246 e. The minimum atomic E-state index is -3.03. The zero-order valence-electron chi connectivity index (χ0n) is 41.7. The van der Waals surface area contributed by atoms with Gasteiger partial charge in [-0.1, -0.05) is 64.2 Å². The lowest BCUT2D eigenvalue weighted by Crippen LogP contribution is -2.71. The first-order valence-electron chi connectivity index (χ1n) is 24.0. The Hall–Kier alpha value is -3.90. The van der Waals surface area contributed by atoms with E-state index in [9.17, 15) is 121 Å². The minimum Gasteiger partial charge on any atom is -0.394 e. The van der Waals surface area contributed by atoms with E-state index in [-0.39, 0.29) is 25.7 Å². The molecule has 0 aromatic heterocycles. The first kappa shape index (κ1) is 70.1. The van der Waals surface area contributed by atoms with Crippen LogP contribution in [0.3, 0.4) is 0 Å². The fourth-order valence-electron chi connectivity index (χ4n) is 7.19. The number of amides is 6. The molecule has 30 heteroatoms. The number of nitrogens with one attached hydrogen (secondary N) is 6. The van der Waals surface area contributed by atoms with Crippen molar-refractivity contribution in [1.82, 2.24) is 31.9 Å². The van der Waals surface area contributed by atoms with Crippen LogP contribution in [0, 0.1) is 10.8 Å². The number of hydrogen-bond acceptors (Lipinski definition) is 24. The summed E-state index contributed by atoms with van der Waals surface area (Å²) >= 11 is 0. The highest BCUT2D eigenvalue weighted by Crippen LogP contribution is 2.33. The molecule has 0 fully saturated rings. The summed E-state index contributed by atoms with van der Waals surface area (Å²) in [5.41, 5.74) is -19.5. The SMILES string of the molecule is O=C(NC(CO)(CO)CO)C(CCCCCCCCCCCCC(C(=O)NC(CO)(CO)CO)(C(=O)NC(CO)(CO)CO)C(=O)NC(CO)(CO)CO)(C(=O)NC(CO)(CO)CO)C(=O)NC(CO)(CO)CO. The molecule has 0 aromatic carbocycles. The Kier molecular flexibility index (Phi) is 31.5. The molecule has 0 spiro atoms. The summed E-state index contributed by atoms with van der Waals surface area (Å²) in [5.74, 6) is -9.31. The van der Waals surface area contributed by atoms with Crippen LogP contribution >= 0.6 is 0 Å². The van der Waals surface area contributed by atoms with E-state index in [1.807, 2.05) is 0 Å². The number of unbranched alkanes of at least 4 members (excludes halogenated alkanes) is 9. The fraction of sp³-hybridized carbons (Fsp3) is 0.864. The van der Waals surface area contributed by atoms with Crippen molar-refractivity contribution in [3.63, 3.8) is 0 Å². The van der Waals surface area contributed by atoms with Gasteiger partial charge in [-0.15, -0.1) is 0 Å². The molecule has 0 aliphatic carbocycles. The van der Waals surface area contributed by atoms with Gasteiger partial charge in [0.05, 0.1) is 119 Å². The van der Waals surface area contributed by atoms with Crippen LogP contribution in [0.15, 0.2) is 0 Å². The van der Waals surface area contributed by atoms with Gasteiger partial charge in [0.1, 0.15) is 33.2 Å². The molecule has 74 heavy (non-hydrogen) atoms. The second-order valence-electron chi connectivity index (χ2n) is 19.1. The van der Waals surface area contributed by atoms with E-state index in [1.165, 1.54) is 0 Å². The van der Waals surface area contributed by atoms with E-state index in [1.54, 1.807) is 0 Å². The van der Waals surface area contributed by atoms with Crippen LogP contribution in [0.1, 0.15) is 77.0 Å². The highest BCUT2D eigenvalue weighted by Gasteiger charge is 2.58. The molecule has 0 atom stereocenters. The van der Waals surface area contributed by atoms with E-state index in [0.717, 1.165) is 0 Å². The topological polar surface area (TPSA) is 539 Å². The van der Waals surface area contributed by atoms with Gasteiger partial charge in [0, 0.05) is 0 Å². The Morgan fingerprint density at radius 1 is 0.203 bits per heavy atom. The summed E-state index contributed by atoms with van der Waals surface area (Å²) in [6.07, 6.45) is 1.59. The molecular formula is C44H84N6O24. The third kappa shape index (κ3) is 17.3. The highest BCUT2D eigenvalue weighted by atomic mass is 16.3. The quantitative estimate of drug-likeness (QED) is 0.0199. The van der Waals surface area contributed by atoms with E-state index >= 15 is 0 Å². The van der Waals surface area contributed by atoms with Crippen LogP contribution in [0.5, 0.6) is 0 Å². The molecule has 0 heterocycles. The molecule has 0 radical (unpaired) electrons. The van der Waals surface area contributed by atoms with Gasteiger partial charge >= 0.3 is 0 Å². The van der Waals surface area contributed by atoms with Crippen LogP contribution in [-0.4, -0.2) is 280 Å². The number of carbonyl (C=O) groups is 6. The molecule has 0 unspecified atom stereocenters. The molecular weight excluding hydrogens is 997 g/mol. The Balaban J connectivity index is 6.55. The van der Waals surface area contributed by atoms with E-state index < -0.39 is 211 Å². The predicted molar refractivity (Wildman–Crippen MR) is 253 cm³/mol. The third-order valence-corrected chi connectivity index (χ3v) is 13.4. The van der Waals surface area contributed by atoms with Crippen LogP contribution in [0.4, 0.5) is 0 Å². The molecule has 0 saturated heterocycles. The molecule has 0 aliphatic rings. The van der Waals surface area contributed by atoms with Crippen molar-refractivity contribution in [2.45, 2.75) is 110 Å². The maximum absolute atomic E-state index is 14.2. The summed E-state index contributed by atoms with van der Waals surface area (Å²) in [5, 5.41) is 192. The largest absolute Gasteiger partial charge is 0.394 e. The predicted octanol–water partition coefficient (Wildman–Crippen LogP) is -11.4. The molecule has 0 aliphatic heterocycles. The number of rotatable bonds is 43. The van der Waals surface area contributed by atoms with Crippen LogP contribution < -0.4 is 31.9 Å². The lowest BCUT2D eigenvalue weighted by atomic mass is 9.76. The minimum absolute atomic E-state index is 0.133. The van der Waals surface area contributed by atoms with Gasteiger partial charge < -0.3 is 124 Å². The Morgan fingerprint density at radius 3 is 0.419 bits per heavy atom. The van der Waals surface area contributed by atoms with Crippen molar-refractivity contribution in [1.29, 1.82) is 0 Å². The zero-order chi connectivity index (χ0) is 56.9. The molecule has 24 N–H and O–H groups in total. The first-order chi connectivity index (χ1) is 35.1. The molecule has 0 saturated carbocycles. The number of aliphatic hydroxyl groups excluding tert-OH is 18. The van der Waals surface area contributed by atoms with Crippen LogP contribution in [0.25, 0.3) is 0 Å². The van der Waals surface area contributed by atoms with Crippen molar-refractivity contribution < 1.29 is 121 Å². The molecule has 0 rings (SSSR count). The van der Waals surface area contributed by atoms with Gasteiger partial charge in [0.2, 0.25) is 46.3 Å². The second-order valence-corrected chi connectivity index (χ2v) is 19.1. The highest BCUT2D eigenvalue weighted by molar-refractivity contribution is 6.23. The van der Waals surface area contributed by atoms with Gasteiger partial charge in [-0.3, -0.25) is 28.8 Å². The van der Waals surface area contributed by atoms with Gasteiger partial charge in [0.15, 0.2) is 0 Å². The number of hydrogen-bond donors (Lipinski definition) is 24. The molecule has 434 valence electrons. The third-order valence-electron chi connectivity index (χ3n) is 13.4. The molecule has 0 bridgehead atoms. The molecule has 0 aromatic rings. The van der Waals surface area contributed by atoms with Crippen molar-refractivity contribution in [3.8, 4) is 0 Å². The Labute approximate surface area is 427 Å². The second kappa shape index (κ2) is 33.3. The maximum Gasteiger partial charge on any atom is 0.246 e. The summed E-state index contributed by atoms with van der Waals surface area (Å²) in [4.78, 5) is 85.2. The fourth-order valence-corrected chi connectivity index (χ4v) is 7.19. The van der Waals surface area contributed by atoms with Crippen molar-refractivity contribution in [2.24, 2.45) is 10.8 Å². The van der Waals surface area contributed by atoms with Gasteiger partial charge in [-0.2, -0.15) is 0 Å². The lowest BCUT2D eigenvalue weighted by Gasteiger charge is -2.40. The van der Waals surface area contributed by atoms with Gasteiger partial charge in [-0.05, 0) is 12.8 Å². The summed E-state index contributed by atoms with van der Waals surface area (Å²) in [7, 11) is 0. The Morgan fingerprint density at radius 2 is 0.311 bits per heavy atom. The average Bonchev–Trinajstić information content (AvgIpc) is 3.43. The van der Waals surface area contributed by atoms with E-state index in [4.69, 9.17) is 0 Å². The standard InChI is InChI=1S/C44H84N6O24/c51-13-37(14-52,15-53)45-31(69)43(32(70)46-38(16-54,17-55)18-56,33(71)47-39(19-57,20-58)21-59)11-9-7-5-3-1-2-4-6-8-10-12-44(34(72)48-40(22-60,23-61)24-62,35(73)49-41(25-63,26-64)27-65)36(74)50-42(28-66,29-67)30-68/h51-68H,1-30H2,(H,45,69)(H,46,70)(H,47,71)(H,48,72)(H,49,73)(H,50,74). The van der Waals surface area contributed by atoms with E-state index in [0.29, 0.717) is 38.5 Å². The van der Waals surface area contributed by atoms with Crippen molar-refractivity contribution in [3.05, 3.63) is 0 Å². The molecule has 6 amide bonds. The number of carbonyl (C=O) groups excluding carboxylic acids is 6. The Bertz CT molecular complexity index is 1350. The van der Waals surface area contributed by atoms with Crippen molar-refractivity contribution in [2.75, 3.05) is 119 Å². The van der Waals surface area contributed by atoms with Crippen molar-refractivity contribution >= 4 is 35.4 Å². The number of aliphatic hydroxyl groups is 18. The van der Waals surface area contributed by atoms with E-state index in [2.05, 4.69) is 31.9 Å².